The van der Waals surface area contributed by atoms with Crippen LogP contribution in [0.15, 0.2) is 26.4 Å². The van der Waals surface area contributed by atoms with Crippen molar-refractivity contribution in [3.63, 3.8) is 0 Å². The molecular weight excluding hydrogens is 346 g/mol. The van der Waals surface area contributed by atoms with Crippen molar-refractivity contribution >= 4 is 27.8 Å². The molecule has 0 saturated heterocycles. The molecule has 0 fully saturated rings. The first-order valence-electron chi connectivity index (χ1n) is 6.52. The summed E-state index contributed by atoms with van der Waals surface area (Å²) >= 11 is 3.45. The summed E-state index contributed by atoms with van der Waals surface area (Å²) in [5.41, 5.74) is 3.01. The maximum atomic E-state index is 11.6. The minimum absolute atomic E-state index is 0.0293. The number of halogens is 1. The average molecular weight is 360 g/mol. The van der Waals surface area contributed by atoms with Crippen molar-refractivity contribution in [2.24, 2.45) is 4.99 Å². The summed E-state index contributed by atoms with van der Waals surface area (Å²) in [4.78, 5) is 18.2. The van der Waals surface area contributed by atoms with E-state index >= 15 is 0 Å². The Hall–Kier alpha value is -2.39. The second-order valence-electron chi connectivity index (χ2n) is 4.97. The van der Waals surface area contributed by atoms with Gasteiger partial charge in [-0.25, -0.2) is 0 Å². The van der Waals surface area contributed by atoms with Crippen molar-refractivity contribution in [2.75, 3.05) is 0 Å². The molecule has 0 radical (unpaired) electrons. The lowest BCUT2D eigenvalue weighted by Gasteiger charge is -2.06. The Balaban J connectivity index is 2.55. The molecule has 2 aromatic rings. The van der Waals surface area contributed by atoms with Crippen LogP contribution in [0.1, 0.15) is 27.8 Å². The van der Waals surface area contributed by atoms with E-state index in [1.165, 1.54) is 6.21 Å². The summed E-state index contributed by atoms with van der Waals surface area (Å²) in [7, 11) is 0. The van der Waals surface area contributed by atoms with Gasteiger partial charge >= 0.3 is 0 Å². The van der Waals surface area contributed by atoms with Gasteiger partial charge in [0.05, 0.1) is 11.3 Å². The summed E-state index contributed by atoms with van der Waals surface area (Å²) in [5.74, 6) is -0.301. The van der Waals surface area contributed by atoms with Gasteiger partial charge in [0.1, 0.15) is 11.6 Å². The number of aromatic hydroxyl groups is 1. The van der Waals surface area contributed by atoms with Gasteiger partial charge in [0, 0.05) is 10.7 Å². The quantitative estimate of drug-likeness (QED) is 0.805. The molecular formula is C16H14BrN3O2. The van der Waals surface area contributed by atoms with E-state index in [2.05, 4.69) is 25.9 Å². The van der Waals surface area contributed by atoms with Gasteiger partial charge in [-0.2, -0.15) is 5.26 Å². The molecule has 0 saturated carbocycles. The first kappa shape index (κ1) is 16.0. The SMILES string of the molecule is Cc1cc(Br)c(N=Cc2c(O)[nH]c(=O)c(C#N)c2C)cc1C. The zero-order valence-corrected chi connectivity index (χ0v) is 13.9. The van der Waals surface area contributed by atoms with E-state index in [0.717, 1.165) is 15.6 Å². The topological polar surface area (TPSA) is 89.2 Å². The Morgan fingerprint density at radius 3 is 2.59 bits per heavy atom. The second kappa shape index (κ2) is 6.16. The van der Waals surface area contributed by atoms with Crippen molar-refractivity contribution in [3.05, 3.63) is 54.8 Å². The highest BCUT2D eigenvalue weighted by Gasteiger charge is 2.12. The number of benzene rings is 1. The second-order valence-corrected chi connectivity index (χ2v) is 5.83. The third kappa shape index (κ3) is 2.95. The summed E-state index contributed by atoms with van der Waals surface area (Å²) < 4.78 is 0.828. The minimum atomic E-state index is -0.609. The van der Waals surface area contributed by atoms with Crippen LogP contribution in [0.2, 0.25) is 0 Å². The van der Waals surface area contributed by atoms with Gasteiger partial charge in [-0.3, -0.25) is 14.8 Å². The van der Waals surface area contributed by atoms with E-state index in [1.54, 1.807) is 6.92 Å². The fourth-order valence-electron chi connectivity index (χ4n) is 2.01. The maximum Gasteiger partial charge on any atom is 0.268 e. The van der Waals surface area contributed by atoms with E-state index in [-0.39, 0.29) is 11.4 Å². The lowest BCUT2D eigenvalue weighted by molar-refractivity contribution is 0.450. The molecule has 1 heterocycles. The molecule has 1 aromatic heterocycles. The molecule has 0 spiro atoms. The van der Waals surface area contributed by atoms with Gasteiger partial charge in [-0.1, -0.05) is 0 Å². The van der Waals surface area contributed by atoms with Crippen LogP contribution in [-0.4, -0.2) is 16.3 Å². The smallest absolute Gasteiger partial charge is 0.268 e. The van der Waals surface area contributed by atoms with Crippen LogP contribution in [0.3, 0.4) is 0 Å². The maximum absolute atomic E-state index is 11.6. The predicted octanol–water partition coefficient (Wildman–Crippen LogP) is 3.39. The molecule has 0 atom stereocenters. The fraction of sp³-hybridized carbons (Fsp3) is 0.188. The first-order chi connectivity index (χ1) is 10.3. The summed E-state index contributed by atoms with van der Waals surface area (Å²) in [6.45, 7) is 5.59. The van der Waals surface area contributed by atoms with E-state index < -0.39 is 5.56 Å². The Kier molecular flexibility index (Phi) is 4.48. The zero-order chi connectivity index (χ0) is 16.4. The van der Waals surface area contributed by atoms with Crippen LogP contribution in [0.4, 0.5) is 5.69 Å². The van der Waals surface area contributed by atoms with Gasteiger partial charge < -0.3 is 5.11 Å². The molecule has 5 nitrogen and oxygen atoms in total. The largest absolute Gasteiger partial charge is 0.494 e. The molecule has 0 unspecified atom stereocenters. The zero-order valence-electron chi connectivity index (χ0n) is 12.4. The molecule has 2 rings (SSSR count). The molecule has 6 heteroatoms. The number of hydrogen-bond donors (Lipinski definition) is 2. The van der Waals surface area contributed by atoms with Crippen LogP contribution < -0.4 is 5.56 Å². The number of aryl methyl sites for hydroxylation is 2. The van der Waals surface area contributed by atoms with Crippen LogP contribution >= 0.6 is 15.9 Å². The molecule has 0 amide bonds. The Labute approximate surface area is 136 Å². The molecule has 0 aliphatic carbocycles. The van der Waals surface area contributed by atoms with E-state index in [0.29, 0.717) is 16.8 Å². The number of aromatic nitrogens is 1. The Bertz CT molecular complexity index is 876. The normalized spacial score (nSPS) is 10.9. The number of H-pyrrole nitrogens is 1. The number of rotatable bonds is 2. The van der Waals surface area contributed by atoms with Crippen LogP contribution in [0.5, 0.6) is 5.88 Å². The number of aromatic amines is 1. The predicted molar refractivity (Wildman–Crippen MR) is 89.0 cm³/mol. The highest BCUT2D eigenvalue weighted by molar-refractivity contribution is 9.10. The third-order valence-electron chi connectivity index (χ3n) is 3.50. The number of nitrogens with zero attached hydrogens (tertiary/aromatic N) is 2. The van der Waals surface area contributed by atoms with Gasteiger partial charge in [0.2, 0.25) is 5.88 Å². The Morgan fingerprint density at radius 1 is 1.32 bits per heavy atom. The summed E-state index contributed by atoms with van der Waals surface area (Å²) in [6, 6.07) is 5.71. The lowest BCUT2D eigenvalue weighted by atomic mass is 10.1. The van der Waals surface area contributed by atoms with Crippen molar-refractivity contribution < 1.29 is 5.11 Å². The number of nitrogens with one attached hydrogen (secondary N) is 1. The molecule has 22 heavy (non-hydrogen) atoms. The van der Waals surface area contributed by atoms with Gasteiger partial charge in [0.25, 0.3) is 5.56 Å². The number of nitriles is 1. The summed E-state index contributed by atoms with van der Waals surface area (Å²) in [5, 5.41) is 18.9. The van der Waals surface area contributed by atoms with Gasteiger partial charge in [-0.05, 0) is 65.5 Å². The third-order valence-corrected chi connectivity index (χ3v) is 4.14. The van der Waals surface area contributed by atoms with Crippen LogP contribution in [0, 0.1) is 32.1 Å². The molecule has 0 aliphatic rings. The molecule has 1 aromatic carbocycles. The number of pyridine rings is 1. The first-order valence-corrected chi connectivity index (χ1v) is 7.31. The lowest BCUT2D eigenvalue weighted by Crippen LogP contribution is -2.14. The highest BCUT2D eigenvalue weighted by atomic mass is 79.9. The van der Waals surface area contributed by atoms with Crippen molar-refractivity contribution in [1.82, 2.24) is 4.98 Å². The van der Waals surface area contributed by atoms with Crippen LogP contribution in [0.25, 0.3) is 0 Å². The molecule has 112 valence electrons. The molecule has 0 aliphatic heterocycles. The standard InChI is InChI=1S/C16H14BrN3O2/c1-8-4-13(17)14(5-9(8)2)19-7-12-10(3)11(6-18)15(21)20-16(12)22/h4-5,7H,1-3H3,(H2,20,21,22). The number of aliphatic imine (C=N–C) groups is 1. The van der Waals surface area contributed by atoms with Crippen molar-refractivity contribution in [1.29, 1.82) is 5.26 Å². The van der Waals surface area contributed by atoms with E-state index in [1.807, 2.05) is 32.0 Å². The van der Waals surface area contributed by atoms with E-state index in [4.69, 9.17) is 5.26 Å². The minimum Gasteiger partial charge on any atom is -0.494 e. The molecule has 0 bridgehead atoms. The van der Waals surface area contributed by atoms with Crippen molar-refractivity contribution in [2.45, 2.75) is 20.8 Å². The van der Waals surface area contributed by atoms with E-state index in [9.17, 15) is 9.90 Å². The summed E-state index contributed by atoms with van der Waals surface area (Å²) in [6.07, 6.45) is 1.44. The fourth-order valence-corrected chi connectivity index (χ4v) is 2.57. The molecule has 2 N–H and O–H groups in total. The monoisotopic (exact) mass is 359 g/mol. The average Bonchev–Trinajstić information content (AvgIpc) is 2.44. The van der Waals surface area contributed by atoms with Gasteiger partial charge in [-0.15, -0.1) is 0 Å². The van der Waals surface area contributed by atoms with Crippen molar-refractivity contribution in [3.8, 4) is 11.9 Å². The van der Waals surface area contributed by atoms with Gasteiger partial charge in [0.15, 0.2) is 0 Å². The van der Waals surface area contributed by atoms with Crippen LogP contribution in [-0.2, 0) is 0 Å². The highest BCUT2D eigenvalue weighted by Crippen LogP contribution is 2.29. The Morgan fingerprint density at radius 2 is 1.95 bits per heavy atom. The number of hydrogen-bond acceptors (Lipinski definition) is 4.